The molecule has 0 unspecified atom stereocenters. The van der Waals surface area contributed by atoms with Gasteiger partial charge in [-0.3, -0.25) is 0 Å². The first-order valence-electron chi connectivity index (χ1n) is 9.69. The van der Waals surface area contributed by atoms with Gasteiger partial charge in [-0.05, 0) is 48.5 Å². The number of thiazole rings is 1. The number of nitriles is 1. The van der Waals surface area contributed by atoms with Crippen LogP contribution in [0.15, 0.2) is 83.1 Å². The van der Waals surface area contributed by atoms with Crippen LogP contribution in [-0.4, -0.2) is 19.4 Å². The van der Waals surface area contributed by atoms with Gasteiger partial charge in [-0.1, -0.05) is 15.9 Å². The van der Waals surface area contributed by atoms with Crippen LogP contribution in [0, 0.1) is 11.3 Å². The number of guanidine groups is 1. The number of rotatable bonds is 6. The van der Waals surface area contributed by atoms with Gasteiger partial charge in [0.25, 0.3) is 10.0 Å². The van der Waals surface area contributed by atoms with Gasteiger partial charge in [-0.15, -0.1) is 15.7 Å². The highest BCUT2D eigenvalue weighted by Crippen LogP contribution is 2.27. The summed E-state index contributed by atoms with van der Waals surface area (Å²) < 4.78 is 33.5. The fourth-order valence-electron chi connectivity index (χ4n) is 3.01. The third kappa shape index (κ3) is 5.40. The molecule has 10 nitrogen and oxygen atoms in total. The summed E-state index contributed by atoms with van der Waals surface area (Å²) in [4.78, 5) is 16.8. The number of halogens is 1. The number of hydrogen-bond donors (Lipinski definition) is 3. The van der Waals surface area contributed by atoms with Crippen molar-refractivity contribution < 1.29 is 12.8 Å². The van der Waals surface area contributed by atoms with Gasteiger partial charge in [-0.2, -0.15) is 13.7 Å². The van der Waals surface area contributed by atoms with Gasteiger partial charge < -0.3 is 21.2 Å². The molecule has 2 aromatic carbocycles. The smallest absolute Gasteiger partial charge is 0.345 e. The third-order valence-electron chi connectivity index (χ3n) is 4.59. The van der Waals surface area contributed by atoms with Crippen LogP contribution in [0.3, 0.4) is 0 Å². The molecule has 0 fully saturated rings. The zero-order chi connectivity index (χ0) is 25.2. The summed E-state index contributed by atoms with van der Waals surface area (Å²) >= 11 is 4.59. The molecule has 176 valence electrons. The summed E-state index contributed by atoms with van der Waals surface area (Å²) in [7, 11) is -4.00. The maximum Gasteiger partial charge on any atom is 0.345 e. The predicted molar refractivity (Wildman–Crippen MR) is 138 cm³/mol. The van der Waals surface area contributed by atoms with Crippen molar-refractivity contribution in [2.45, 2.75) is 4.90 Å². The van der Waals surface area contributed by atoms with Gasteiger partial charge in [0.1, 0.15) is 22.2 Å². The lowest BCUT2D eigenvalue weighted by Crippen LogP contribution is -2.24. The van der Waals surface area contributed by atoms with Gasteiger partial charge in [0.05, 0.1) is 16.2 Å². The summed E-state index contributed by atoms with van der Waals surface area (Å²) in [6.45, 7) is 0. The maximum atomic E-state index is 12.5. The molecule has 13 heteroatoms. The quantitative estimate of drug-likeness (QED) is 0.135. The second kappa shape index (κ2) is 9.71. The van der Waals surface area contributed by atoms with E-state index in [9.17, 15) is 18.5 Å². The van der Waals surface area contributed by atoms with Crippen LogP contribution in [-0.2, 0) is 10.0 Å². The van der Waals surface area contributed by atoms with E-state index in [1.165, 1.54) is 41.8 Å². The highest BCUT2D eigenvalue weighted by molar-refractivity contribution is 9.10. The molecule has 4 rings (SSSR count). The van der Waals surface area contributed by atoms with Crippen LogP contribution in [0.25, 0.3) is 27.8 Å². The van der Waals surface area contributed by atoms with Gasteiger partial charge in [0.2, 0.25) is 5.96 Å². The number of nitrogens with one attached hydrogen (secondary N) is 1. The molecule has 0 aliphatic carbocycles. The van der Waals surface area contributed by atoms with E-state index in [4.69, 9.17) is 15.9 Å². The van der Waals surface area contributed by atoms with E-state index in [-0.39, 0.29) is 16.0 Å². The molecule has 0 saturated heterocycles. The molecule has 0 spiro atoms. The second-order valence-electron chi connectivity index (χ2n) is 7.00. The Morgan fingerprint density at radius 1 is 1.20 bits per heavy atom. The number of allylic oxidation sites excluding steroid dienone is 1. The lowest BCUT2D eigenvalue weighted by atomic mass is 10.1. The predicted octanol–water partition coefficient (Wildman–Crippen LogP) is 3.62. The Bertz CT molecular complexity index is 1700. The summed E-state index contributed by atoms with van der Waals surface area (Å²) in [6.07, 6.45) is 1.43. The Labute approximate surface area is 211 Å². The molecule has 0 amide bonds. The normalized spacial score (nSPS) is 11.7. The van der Waals surface area contributed by atoms with E-state index in [2.05, 4.69) is 36.7 Å². The van der Waals surface area contributed by atoms with Crippen LogP contribution in [0.1, 0.15) is 5.01 Å². The van der Waals surface area contributed by atoms with Crippen molar-refractivity contribution in [1.82, 2.24) is 4.98 Å². The molecule has 0 aliphatic heterocycles. The lowest BCUT2D eigenvalue weighted by Gasteiger charge is -2.04. The summed E-state index contributed by atoms with van der Waals surface area (Å²) in [5.41, 5.74) is 11.6. The Morgan fingerprint density at radius 2 is 1.94 bits per heavy atom. The van der Waals surface area contributed by atoms with Crippen LogP contribution >= 0.6 is 27.3 Å². The van der Waals surface area contributed by atoms with E-state index in [1.807, 2.05) is 6.07 Å². The van der Waals surface area contributed by atoms with Crippen LogP contribution in [0.2, 0.25) is 0 Å². The Balaban J connectivity index is 1.58. The minimum atomic E-state index is -4.00. The van der Waals surface area contributed by atoms with Crippen molar-refractivity contribution in [2.24, 2.45) is 15.9 Å². The number of fused-ring (bicyclic) bond motifs is 1. The second-order valence-corrected chi connectivity index (χ2v) is 10.4. The van der Waals surface area contributed by atoms with Crippen molar-refractivity contribution in [3.8, 4) is 17.3 Å². The van der Waals surface area contributed by atoms with E-state index < -0.39 is 21.6 Å². The van der Waals surface area contributed by atoms with Crippen molar-refractivity contribution in [3.05, 3.63) is 80.0 Å². The first-order chi connectivity index (χ1) is 16.7. The SMILES string of the molecule is N#CC(=CNc1ccc(S(=O)(=O)N=C(N)N)cc1)c1nc(-c2cc3cc(Br)ccc3oc2=O)cs1. The third-order valence-corrected chi connectivity index (χ3v) is 7.27. The average molecular weight is 571 g/mol. The number of nitrogens with zero attached hydrogens (tertiary/aromatic N) is 3. The standard InChI is InChI=1S/C22H15BrN6O4S2/c23-14-1-6-19-12(7-14)8-17(21(30)33-19)18-11-34-20(28-18)13(9-24)10-27-15-2-4-16(5-3-15)35(31,32)29-22(25)26/h1-8,10-11,27H,(H4,25,26,29). The van der Waals surface area contributed by atoms with E-state index in [0.717, 1.165) is 9.86 Å². The minimum absolute atomic E-state index is 0.0910. The number of aromatic nitrogens is 1. The molecule has 0 saturated carbocycles. The summed E-state index contributed by atoms with van der Waals surface area (Å²) in [5, 5.41) is 15.3. The molecule has 0 bridgehead atoms. The molecule has 0 atom stereocenters. The fourth-order valence-corrected chi connectivity index (χ4v) is 5.03. The number of benzene rings is 2. The highest BCUT2D eigenvalue weighted by atomic mass is 79.9. The monoisotopic (exact) mass is 570 g/mol. The number of anilines is 1. The number of sulfonamides is 1. The Hall–Kier alpha value is -3.99. The van der Waals surface area contributed by atoms with Gasteiger partial charge >= 0.3 is 5.63 Å². The topological polar surface area (TPSA) is 177 Å². The zero-order valence-electron chi connectivity index (χ0n) is 17.6. The van der Waals surface area contributed by atoms with Crippen molar-refractivity contribution in [1.29, 1.82) is 5.26 Å². The molecule has 2 aromatic heterocycles. The first kappa shape index (κ1) is 24.1. The Kier molecular flexibility index (Phi) is 6.70. The summed E-state index contributed by atoms with van der Waals surface area (Å²) in [5.74, 6) is -0.564. The van der Waals surface area contributed by atoms with E-state index in [0.29, 0.717) is 22.0 Å². The lowest BCUT2D eigenvalue weighted by molar-refractivity contribution is 0.563. The molecule has 0 radical (unpaired) electrons. The largest absolute Gasteiger partial charge is 0.422 e. The van der Waals surface area contributed by atoms with Crippen molar-refractivity contribution >= 4 is 65.5 Å². The molecule has 0 aliphatic rings. The molecule has 35 heavy (non-hydrogen) atoms. The first-order valence-corrected chi connectivity index (χ1v) is 12.8. The van der Waals surface area contributed by atoms with Crippen molar-refractivity contribution in [2.75, 3.05) is 5.32 Å². The number of hydrogen-bond acceptors (Lipinski definition) is 8. The van der Waals surface area contributed by atoms with E-state index in [1.54, 1.807) is 23.6 Å². The average Bonchev–Trinajstić information content (AvgIpc) is 3.28. The van der Waals surface area contributed by atoms with Crippen LogP contribution in [0.4, 0.5) is 5.69 Å². The fraction of sp³-hybridized carbons (Fsp3) is 0. The Morgan fingerprint density at radius 3 is 2.63 bits per heavy atom. The molecule has 4 aromatic rings. The highest BCUT2D eigenvalue weighted by Gasteiger charge is 2.15. The maximum absolute atomic E-state index is 12.5. The number of nitrogens with two attached hydrogens (primary N) is 2. The van der Waals surface area contributed by atoms with E-state index >= 15 is 0 Å². The van der Waals surface area contributed by atoms with Gasteiger partial charge in [-0.25, -0.2) is 9.78 Å². The molecular formula is C22H15BrN6O4S2. The van der Waals surface area contributed by atoms with Crippen LogP contribution in [0.5, 0.6) is 0 Å². The van der Waals surface area contributed by atoms with Gasteiger partial charge in [0, 0.05) is 27.1 Å². The molecule has 5 N–H and O–H groups in total. The molecular weight excluding hydrogens is 556 g/mol. The molecule has 2 heterocycles. The van der Waals surface area contributed by atoms with Gasteiger partial charge in [0.15, 0.2) is 0 Å². The summed E-state index contributed by atoms with van der Waals surface area (Å²) in [6, 6.07) is 14.7. The van der Waals surface area contributed by atoms with Crippen molar-refractivity contribution in [3.63, 3.8) is 0 Å². The minimum Gasteiger partial charge on any atom is -0.422 e. The zero-order valence-corrected chi connectivity index (χ0v) is 20.8. The van der Waals surface area contributed by atoms with Crippen LogP contribution < -0.4 is 22.4 Å².